The molecule has 5 rings (SSSR count). The highest BCUT2D eigenvalue weighted by molar-refractivity contribution is 5.89. The number of ether oxygens (including phenoxy) is 4. The lowest BCUT2D eigenvalue weighted by molar-refractivity contribution is -0.358. The highest BCUT2D eigenvalue weighted by Gasteiger charge is 2.51. The molecule has 12 N–H and O–H groups in total. The Hall–Kier alpha value is -4.09. The van der Waals surface area contributed by atoms with Gasteiger partial charge in [-0.15, -0.1) is 0 Å². The minimum Gasteiger partial charge on any atom is -0.504 e. The quantitative estimate of drug-likeness (QED) is 0.103. The first-order valence-electron chi connectivity index (χ1n) is 15.4. The summed E-state index contributed by atoms with van der Waals surface area (Å²) >= 11 is 0. The molecule has 50 heavy (non-hydrogen) atoms. The lowest BCUT2D eigenvalue weighted by Crippen LogP contribution is -2.65. The Morgan fingerprint density at radius 3 is 2.10 bits per heavy atom. The zero-order valence-electron chi connectivity index (χ0n) is 26.0. The molecule has 12 atom stereocenters. The number of nitrogens with one attached hydrogen (secondary N) is 1. The van der Waals surface area contributed by atoms with E-state index in [0.717, 1.165) is 0 Å². The van der Waals surface area contributed by atoms with Crippen molar-refractivity contribution in [1.29, 1.82) is 0 Å². The van der Waals surface area contributed by atoms with Crippen LogP contribution in [-0.2, 0) is 35.0 Å². The maximum Gasteiger partial charge on any atom is 0.351 e. The average molecular weight is 715 g/mol. The van der Waals surface area contributed by atoms with E-state index in [0.29, 0.717) is 11.1 Å². The summed E-state index contributed by atoms with van der Waals surface area (Å²) in [7, 11) is 0. The van der Waals surface area contributed by atoms with Gasteiger partial charge in [-0.3, -0.25) is 0 Å². The summed E-state index contributed by atoms with van der Waals surface area (Å²) in [5.41, 5.74) is 0.523. The Labute approximate surface area is 282 Å². The number of aliphatic carboxylic acids is 3. The van der Waals surface area contributed by atoms with E-state index in [9.17, 15) is 70.6 Å². The van der Waals surface area contributed by atoms with Crippen LogP contribution < -0.4 is 15.0 Å². The maximum absolute atomic E-state index is 12.3. The number of phenolic OH excluding ortho intramolecular Hbond substituents is 1. The van der Waals surface area contributed by atoms with Crippen molar-refractivity contribution in [3.63, 3.8) is 0 Å². The number of fused-ring (bicyclic) bond motifs is 1. The predicted octanol–water partition coefficient (Wildman–Crippen LogP) is -4.45. The number of aromatic hydroxyl groups is 1. The van der Waals surface area contributed by atoms with Gasteiger partial charge in [0.1, 0.15) is 60.5 Å². The summed E-state index contributed by atoms with van der Waals surface area (Å²) in [5.74, 6) is -4.82. The molecule has 0 aromatic heterocycles. The molecule has 0 aliphatic carbocycles. The minimum atomic E-state index is -1.93. The normalized spacial score (nSPS) is 36.3. The number of carboxylic acids is 3. The number of aliphatic hydroxyl groups excluding tert-OH is 7. The second kappa shape index (κ2) is 15.0. The van der Waals surface area contributed by atoms with E-state index in [-0.39, 0.29) is 36.5 Å². The van der Waals surface area contributed by atoms with E-state index >= 15 is 0 Å². The van der Waals surface area contributed by atoms with Gasteiger partial charge in [0.05, 0.1) is 13.2 Å². The Bertz CT molecular complexity index is 1520. The first kappa shape index (κ1) is 37.2. The fraction of sp³-hybridized carbons (Fsp3) is 0.567. The number of hydrogen-bond acceptors (Lipinski definition) is 17. The smallest absolute Gasteiger partial charge is 0.351 e. The lowest BCUT2D eigenvalue weighted by Gasteiger charge is -2.45. The Morgan fingerprint density at radius 1 is 0.860 bits per heavy atom. The van der Waals surface area contributed by atoms with Crippen molar-refractivity contribution >= 4 is 23.6 Å². The van der Waals surface area contributed by atoms with Gasteiger partial charge in [-0.25, -0.2) is 14.4 Å². The Balaban J connectivity index is 1.44. The van der Waals surface area contributed by atoms with E-state index in [2.05, 4.69) is 5.32 Å². The van der Waals surface area contributed by atoms with Crippen LogP contribution in [0, 0.1) is 0 Å². The van der Waals surface area contributed by atoms with E-state index in [4.69, 9.17) is 18.9 Å². The highest BCUT2D eigenvalue weighted by atomic mass is 16.8. The molecule has 4 aliphatic rings. The van der Waals surface area contributed by atoms with Crippen LogP contribution in [0.4, 0.5) is 5.69 Å². The molecule has 0 spiro atoms. The van der Waals surface area contributed by atoms with Gasteiger partial charge in [-0.1, -0.05) is 6.08 Å². The molecule has 1 aromatic carbocycles. The van der Waals surface area contributed by atoms with Gasteiger partial charge in [-0.05, 0) is 23.3 Å². The topological polar surface area (TPSA) is 326 Å². The van der Waals surface area contributed by atoms with Crippen molar-refractivity contribution in [3.05, 3.63) is 41.1 Å². The van der Waals surface area contributed by atoms with Gasteiger partial charge < -0.3 is 85.3 Å². The molecule has 0 radical (unpaired) electrons. The van der Waals surface area contributed by atoms with Gasteiger partial charge >= 0.3 is 17.9 Å². The summed E-state index contributed by atoms with van der Waals surface area (Å²) in [6, 6.07) is 0.0278. The first-order chi connectivity index (χ1) is 23.6. The number of carbonyl (C=O) groups is 3. The molecule has 2 saturated heterocycles. The van der Waals surface area contributed by atoms with Crippen molar-refractivity contribution in [2.24, 2.45) is 0 Å². The van der Waals surface area contributed by atoms with Crippen molar-refractivity contribution in [1.82, 2.24) is 5.32 Å². The molecule has 0 amide bonds. The average Bonchev–Trinajstić information content (AvgIpc) is 3.43. The molecular weight excluding hydrogens is 676 g/mol. The predicted molar refractivity (Wildman–Crippen MR) is 161 cm³/mol. The molecule has 0 unspecified atom stereocenters. The van der Waals surface area contributed by atoms with Gasteiger partial charge in [0.2, 0.25) is 6.29 Å². The minimum absolute atomic E-state index is 0.0858. The van der Waals surface area contributed by atoms with Gasteiger partial charge in [-0.2, -0.15) is 0 Å². The Morgan fingerprint density at radius 2 is 1.50 bits per heavy atom. The molecular formula is C30H38N2O18. The first-order valence-corrected chi connectivity index (χ1v) is 15.4. The molecule has 1 aromatic rings. The number of carboxylic acid groups (broad SMARTS) is 3. The number of benzene rings is 1. The monoisotopic (exact) mass is 714 g/mol. The molecule has 0 saturated carbocycles. The van der Waals surface area contributed by atoms with Crippen molar-refractivity contribution in [3.8, 4) is 11.5 Å². The van der Waals surface area contributed by atoms with Crippen molar-refractivity contribution in [2.45, 2.75) is 86.3 Å². The van der Waals surface area contributed by atoms with Crippen LogP contribution in [0.25, 0.3) is 0 Å². The second-order valence-corrected chi connectivity index (χ2v) is 12.2. The number of anilines is 1. The number of hydrogen-bond donors (Lipinski definition) is 12. The highest BCUT2D eigenvalue weighted by Crippen LogP contribution is 2.42. The lowest BCUT2D eigenvalue weighted by atomic mass is 9.97. The molecule has 20 heteroatoms. The third-order valence-electron chi connectivity index (χ3n) is 8.93. The molecule has 0 bridgehead atoms. The second-order valence-electron chi connectivity index (χ2n) is 12.2. The largest absolute Gasteiger partial charge is 0.504 e. The summed E-state index contributed by atoms with van der Waals surface area (Å²) in [5, 5.41) is 114. The number of aliphatic hydroxyl groups is 7. The van der Waals surface area contributed by atoms with Crippen LogP contribution in [0.2, 0.25) is 0 Å². The SMILES string of the molecule is O=C(O)C1=C/C(=C\CN2c3cc(O[C@@H]4O[C@H](CO)[C@@H](O)[C@H](O)[C@H]4O[C@@H]4O[C@H](CO)[C@@H](O)[C@H](O)[C@H]4O)c(O)cc3C[C@H]2C(=O)O)C[C@H](C(=O)O)N1. The molecule has 4 aliphatic heterocycles. The van der Waals surface area contributed by atoms with Crippen molar-refractivity contribution < 1.29 is 89.5 Å². The number of allylic oxidation sites excluding steroid dienone is 1. The van der Waals surface area contributed by atoms with Crippen LogP contribution in [0.3, 0.4) is 0 Å². The van der Waals surface area contributed by atoms with E-state index in [1.54, 1.807) is 0 Å². The maximum atomic E-state index is 12.3. The molecule has 276 valence electrons. The standard InChI is InChI=1S/C30H38N2O18/c33-8-18-20(36)22(38)24(40)29(48-18)50-25-23(39)21(37)19(9-34)49-30(25)47-17-7-14-11(6-16(17)35)5-15(28(45)46)32(14)2-1-10-3-12(26(41)42)31-13(4-10)27(43)44/h1,3,6-7,13,15,18-25,29-31,33-40H,2,4-5,8-9H2,(H,41,42)(H,43,44)(H,45,46)/b10-1+/t13-,15+,18-,19-,20-,21-,22+,23+,24-,25-,29+,30-/m1/s1. The zero-order chi connectivity index (χ0) is 36.6. The zero-order valence-corrected chi connectivity index (χ0v) is 26.0. The van der Waals surface area contributed by atoms with Crippen LogP contribution in [0.15, 0.2) is 35.6 Å². The van der Waals surface area contributed by atoms with Crippen LogP contribution in [0.5, 0.6) is 11.5 Å². The number of phenols is 1. The third-order valence-corrected chi connectivity index (χ3v) is 8.93. The summed E-state index contributed by atoms with van der Waals surface area (Å²) in [6.07, 6.45) is -14.9. The molecule has 2 fully saturated rings. The van der Waals surface area contributed by atoms with Gasteiger partial charge in [0.25, 0.3) is 0 Å². The summed E-state index contributed by atoms with van der Waals surface area (Å²) < 4.78 is 22.5. The van der Waals surface area contributed by atoms with E-state index in [1.165, 1.54) is 29.2 Å². The summed E-state index contributed by atoms with van der Waals surface area (Å²) in [6.45, 7) is -1.77. The van der Waals surface area contributed by atoms with Crippen LogP contribution >= 0.6 is 0 Å². The van der Waals surface area contributed by atoms with Gasteiger partial charge in [0, 0.05) is 31.1 Å². The van der Waals surface area contributed by atoms with E-state index in [1.807, 2.05) is 0 Å². The fourth-order valence-corrected chi connectivity index (χ4v) is 6.21. The number of nitrogens with zero attached hydrogens (tertiary/aromatic N) is 1. The van der Waals surface area contributed by atoms with Crippen molar-refractivity contribution in [2.75, 3.05) is 24.7 Å². The van der Waals surface area contributed by atoms with E-state index < -0.39 is 110 Å². The molecule has 20 nitrogen and oxygen atoms in total. The van der Waals surface area contributed by atoms with Crippen LogP contribution in [-0.4, -0.2) is 167 Å². The van der Waals surface area contributed by atoms with Gasteiger partial charge in [0.15, 0.2) is 23.9 Å². The molecule has 4 heterocycles. The Kier molecular flexibility index (Phi) is 11.2. The third kappa shape index (κ3) is 7.35. The fourth-order valence-electron chi connectivity index (χ4n) is 6.21. The number of rotatable bonds is 11. The van der Waals surface area contributed by atoms with Crippen LogP contribution in [0.1, 0.15) is 12.0 Å². The summed E-state index contributed by atoms with van der Waals surface area (Å²) in [4.78, 5) is 36.8.